The molecule has 0 saturated heterocycles. The summed E-state index contributed by atoms with van der Waals surface area (Å²) in [4.78, 5) is 38.4. The first-order valence-electron chi connectivity index (χ1n) is 4.87. The van der Waals surface area contributed by atoms with Crippen LogP contribution in [0.15, 0.2) is 0 Å². The summed E-state index contributed by atoms with van der Waals surface area (Å²) in [5.41, 5.74) is 5.24. The first-order chi connectivity index (χ1) is 8.63. The number of aliphatic carboxylic acids is 2. The zero-order valence-electron chi connectivity index (χ0n) is 9.63. The van der Waals surface area contributed by atoms with Gasteiger partial charge in [-0.1, -0.05) is 21.6 Å². The molecule has 12 heteroatoms. The Balaban J connectivity index is 3.99. The lowest BCUT2D eigenvalue weighted by molar-refractivity contribution is -0.139. The van der Waals surface area contributed by atoms with Crippen molar-refractivity contribution in [2.45, 2.75) is 12.1 Å². The van der Waals surface area contributed by atoms with E-state index in [1.54, 1.807) is 0 Å². The predicted octanol–water partition coefficient (Wildman–Crippen LogP) is -1.04. The summed E-state index contributed by atoms with van der Waals surface area (Å²) in [6.45, 7) is 0. The van der Waals surface area contributed by atoms with Crippen LogP contribution in [-0.4, -0.2) is 61.8 Å². The topological polar surface area (TPSA) is 170 Å². The average molecular weight is 334 g/mol. The van der Waals surface area contributed by atoms with E-state index >= 15 is 0 Å². The van der Waals surface area contributed by atoms with Gasteiger partial charge in [0.15, 0.2) is 0 Å². The van der Waals surface area contributed by atoms with Crippen LogP contribution in [-0.2, 0) is 14.2 Å². The van der Waals surface area contributed by atoms with Crippen LogP contribution in [0.4, 0.5) is 0 Å². The van der Waals surface area contributed by atoms with Gasteiger partial charge in [-0.2, -0.15) is 0 Å². The van der Waals surface area contributed by atoms with Crippen molar-refractivity contribution < 1.29 is 34.2 Å². The second-order valence-electron chi connectivity index (χ2n) is 3.43. The van der Waals surface area contributed by atoms with Crippen LogP contribution in [0.1, 0.15) is 0 Å². The van der Waals surface area contributed by atoms with Crippen molar-refractivity contribution in [1.82, 2.24) is 5.32 Å². The number of carboxylic acid groups (broad SMARTS) is 2. The van der Waals surface area contributed by atoms with E-state index in [0.717, 1.165) is 21.6 Å². The summed E-state index contributed by atoms with van der Waals surface area (Å²) in [7, 11) is -2.17. The molecule has 0 aliphatic carbocycles. The molecule has 0 radical (unpaired) electrons. The molecule has 19 heavy (non-hydrogen) atoms. The average Bonchev–Trinajstić information content (AvgIpc) is 2.25. The third kappa shape index (κ3) is 10.2. The molecular weight excluding hydrogens is 319 g/mol. The van der Waals surface area contributed by atoms with E-state index in [9.17, 15) is 14.2 Å². The lowest BCUT2D eigenvalue weighted by Gasteiger charge is -2.14. The summed E-state index contributed by atoms with van der Waals surface area (Å²) in [5, 5.41) is 19.5. The van der Waals surface area contributed by atoms with Gasteiger partial charge in [0, 0.05) is 11.5 Å². The van der Waals surface area contributed by atoms with Gasteiger partial charge >= 0.3 is 19.5 Å². The Labute approximate surface area is 116 Å². The molecule has 0 saturated carbocycles. The molecule has 9 nitrogen and oxygen atoms in total. The SMILES string of the molecule is NC(CSSCC(NCP(=O)(O)O)C(=O)O)C(=O)O. The Morgan fingerprint density at radius 1 is 1.16 bits per heavy atom. The van der Waals surface area contributed by atoms with Crippen molar-refractivity contribution in [3.8, 4) is 0 Å². The lowest BCUT2D eigenvalue weighted by atomic mass is 10.3. The van der Waals surface area contributed by atoms with Crippen LogP contribution in [0.25, 0.3) is 0 Å². The van der Waals surface area contributed by atoms with E-state index in [2.05, 4.69) is 5.32 Å². The van der Waals surface area contributed by atoms with Crippen molar-refractivity contribution in [3.63, 3.8) is 0 Å². The highest BCUT2D eigenvalue weighted by Gasteiger charge is 2.22. The monoisotopic (exact) mass is 334 g/mol. The van der Waals surface area contributed by atoms with Crippen molar-refractivity contribution in [2.75, 3.05) is 17.8 Å². The van der Waals surface area contributed by atoms with Gasteiger partial charge in [-0.3, -0.25) is 19.5 Å². The molecule has 0 heterocycles. The molecule has 0 aromatic rings. The van der Waals surface area contributed by atoms with Crippen LogP contribution in [0, 0.1) is 0 Å². The highest BCUT2D eigenvalue weighted by atomic mass is 33.1. The lowest BCUT2D eigenvalue weighted by Crippen LogP contribution is -2.39. The number of rotatable bonds is 10. The number of nitrogens with two attached hydrogens (primary N) is 1. The normalized spacial score (nSPS) is 14.9. The van der Waals surface area contributed by atoms with Gasteiger partial charge in [-0.15, -0.1) is 0 Å². The molecule has 112 valence electrons. The predicted molar refractivity (Wildman–Crippen MR) is 72.0 cm³/mol. The van der Waals surface area contributed by atoms with Gasteiger partial charge in [0.2, 0.25) is 0 Å². The van der Waals surface area contributed by atoms with Crippen molar-refractivity contribution in [3.05, 3.63) is 0 Å². The first-order valence-corrected chi connectivity index (χ1v) is 9.15. The van der Waals surface area contributed by atoms with E-state index < -0.39 is 37.9 Å². The maximum atomic E-state index is 10.8. The largest absolute Gasteiger partial charge is 0.480 e. The number of carbonyl (C=O) groups is 2. The highest BCUT2D eigenvalue weighted by Crippen LogP contribution is 2.32. The Morgan fingerprint density at radius 2 is 1.68 bits per heavy atom. The fourth-order valence-corrected chi connectivity index (χ4v) is 3.52. The zero-order chi connectivity index (χ0) is 15.1. The molecule has 0 spiro atoms. The van der Waals surface area contributed by atoms with Crippen LogP contribution in [0.3, 0.4) is 0 Å². The highest BCUT2D eigenvalue weighted by molar-refractivity contribution is 8.76. The van der Waals surface area contributed by atoms with Crippen LogP contribution in [0.5, 0.6) is 0 Å². The Hall–Kier alpha value is -0.290. The number of nitrogens with one attached hydrogen (secondary N) is 1. The molecular formula is C7H15N2O7PS2. The number of hydrogen-bond acceptors (Lipinski definition) is 7. The molecule has 2 atom stereocenters. The van der Waals surface area contributed by atoms with Crippen LogP contribution >= 0.6 is 29.2 Å². The van der Waals surface area contributed by atoms with Crippen LogP contribution < -0.4 is 11.1 Å². The minimum Gasteiger partial charge on any atom is -0.480 e. The summed E-state index contributed by atoms with van der Waals surface area (Å²) in [6.07, 6.45) is -0.732. The third-order valence-electron chi connectivity index (χ3n) is 1.72. The summed E-state index contributed by atoms with van der Waals surface area (Å²) in [5.74, 6) is -2.27. The fraction of sp³-hybridized carbons (Fsp3) is 0.714. The summed E-state index contributed by atoms with van der Waals surface area (Å²) in [6, 6.07) is -2.17. The molecule has 0 aliphatic heterocycles. The number of hydrogen-bond donors (Lipinski definition) is 6. The molecule has 0 amide bonds. The van der Waals surface area contributed by atoms with Gasteiger partial charge < -0.3 is 25.7 Å². The quantitative estimate of drug-likeness (QED) is 0.164. The summed E-state index contributed by atoms with van der Waals surface area (Å²) < 4.78 is 10.6. The maximum absolute atomic E-state index is 10.8. The van der Waals surface area contributed by atoms with E-state index in [4.69, 9.17) is 25.7 Å². The molecule has 0 fully saturated rings. The standard InChI is InChI=1S/C7H15N2O7PS2/c8-4(6(10)11)1-18-19-2-5(7(12)13)9-3-17(14,15)16/h4-5,9H,1-3,8H2,(H,10,11)(H,12,13)(H2,14,15,16). The molecule has 0 bridgehead atoms. The fourth-order valence-electron chi connectivity index (χ4n) is 0.755. The van der Waals surface area contributed by atoms with Gasteiger partial charge in [-0.05, 0) is 0 Å². The third-order valence-corrected chi connectivity index (χ3v) is 4.77. The molecule has 0 aliphatic rings. The Bertz CT molecular complexity index is 363. The van der Waals surface area contributed by atoms with Gasteiger partial charge in [-0.25, -0.2) is 0 Å². The zero-order valence-corrected chi connectivity index (χ0v) is 12.2. The van der Waals surface area contributed by atoms with Crippen molar-refractivity contribution in [2.24, 2.45) is 5.73 Å². The first kappa shape index (κ1) is 18.7. The van der Waals surface area contributed by atoms with Crippen molar-refractivity contribution in [1.29, 1.82) is 0 Å². The second kappa shape index (κ2) is 8.80. The van der Waals surface area contributed by atoms with E-state index in [1.165, 1.54) is 0 Å². The van der Waals surface area contributed by atoms with Crippen molar-refractivity contribution >= 4 is 41.1 Å². The smallest absolute Gasteiger partial charge is 0.339 e. The van der Waals surface area contributed by atoms with Gasteiger partial charge in [0.25, 0.3) is 0 Å². The molecule has 0 aromatic carbocycles. The van der Waals surface area contributed by atoms with E-state index in [-0.39, 0.29) is 11.5 Å². The van der Waals surface area contributed by atoms with Crippen LogP contribution in [0.2, 0.25) is 0 Å². The molecule has 7 N–H and O–H groups in total. The molecule has 2 unspecified atom stereocenters. The Morgan fingerprint density at radius 3 is 2.11 bits per heavy atom. The second-order valence-corrected chi connectivity index (χ2v) is 7.63. The maximum Gasteiger partial charge on any atom is 0.339 e. The molecule has 0 aromatic heterocycles. The van der Waals surface area contributed by atoms with E-state index in [0.29, 0.717) is 0 Å². The Kier molecular flexibility index (Phi) is 8.66. The number of carboxylic acids is 2. The molecule has 0 rings (SSSR count). The summed E-state index contributed by atoms with van der Waals surface area (Å²) >= 11 is 0. The minimum atomic E-state index is -4.32. The van der Waals surface area contributed by atoms with Gasteiger partial charge in [0.1, 0.15) is 12.1 Å². The minimum absolute atomic E-state index is 0.0202. The van der Waals surface area contributed by atoms with Gasteiger partial charge in [0.05, 0.1) is 6.29 Å². The van der Waals surface area contributed by atoms with E-state index in [1.807, 2.05) is 0 Å².